The number of fused-ring (bicyclic) bond motifs is 2. The first-order chi connectivity index (χ1) is 15.5. The van der Waals surface area contributed by atoms with E-state index in [1.165, 1.54) is 22.6 Å². The summed E-state index contributed by atoms with van der Waals surface area (Å²) in [7, 11) is 0. The molecular formula is C29H33N2O+. The van der Waals surface area contributed by atoms with Crippen molar-refractivity contribution in [2.24, 2.45) is 0 Å². The van der Waals surface area contributed by atoms with E-state index in [-0.39, 0.29) is 5.41 Å². The number of hydrogen-bond acceptors (Lipinski definition) is 2. The Labute approximate surface area is 192 Å². The highest BCUT2D eigenvalue weighted by molar-refractivity contribution is 5.81. The Balaban J connectivity index is 1.65. The van der Waals surface area contributed by atoms with E-state index in [0.717, 1.165) is 36.4 Å². The van der Waals surface area contributed by atoms with E-state index < -0.39 is 0 Å². The summed E-state index contributed by atoms with van der Waals surface area (Å²) in [5, 5.41) is 1.11. The molecule has 0 aliphatic carbocycles. The van der Waals surface area contributed by atoms with Crippen molar-refractivity contribution in [2.75, 3.05) is 29.4 Å². The van der Waals surface area contributed by atoms with Crippen LogP contribution in [-0.4, -0.2) is 19.6 Å². The molecule has 0 saturated heterocycles. The normalized spacial score (nSPS) is 16.1. The monoisotopic (exact) mass is 425 g/mol. The molecule has 1 aliphatic heterocycles. The number of nitrogens with zero attached hydrogens (tertiary/aromatic N) is 2. The average Bonchev–Trinajstić information content (AvgIpc) is 3.01. The van der Waals surface area contributed by atoms with E-state index in [0.29, 0.717) is 0 Å². The number of anilines is 2. The van der Waals surface area contributed by atoms with Crippen LogP contribution in [0.4, 0.5) is 11.4 Å². The Morgan fingerprint density at radius 2 is 1.78 bits per heavy atom. The van der Waals surface area contributed by atoms with Gasteiger partial charge in [-0.05, 0) is 49.8 Å². The fourth-order valence-electron chi connectivity index (χ4n) is 4.66. The SMILES string of the molecule is C=CCN1C(=CC=Cc2ccc3ccc(N(CC)CC)cc3[o+]2)C(C)(C)c2ccccc21. The molecule has 3 aromatic rings. The van der Waals surface area contributed by atoms with Crippen LogP contribution in [0.2, 0.25) is 0 Å². The highest BCUT2D eigenvalue weighted by Gasteiger charge is 2.38. The highest BCUT2D eigenvalue weighted by atomic mass is 16.3. The maximum atomic E-state index is 6.22. The molecule has 4 rings (SSSR count). The van der Waals surface area contributed by atoms with Crippen molar-refractivity contribution in [2.45, 2.75) is 33.1 Å². The van der Waals surface area contributed by atoms with Crippen molar-refractivity contribution < 1.29 is 4.42 Å². The van der Waals surface area contributed by atoms with Gasteiger partial charge in [-0.3, -0.25) is 0 Å². The lowest BCUT2D eigenvalue weighted by Crippen LogP contribution is -2.26. The minimum Gasteiger partial charge on any atom is -0.372 e. The largest absolute Gasteiger partial charge is 0.372 e. The second-order valence-corrected chi connectivity index (χ2v) is 8.68. The Morgan fingerprint density at radius 3 is 2.53 bits per heavy atom. The Hall–Kier alpha value is -3.33. The second kappa shape index (κ2) is 9.04. The summed E-state index contributed by atoms with van der Waals surface area (Å²) in [5.74, 6) is 0.842. The highest BCUT2D eigenvalue weighted by Crippen LogP contribution is 2.47. The van der Waals surface area contributed by atoms with Crippen molar-refractivity contribution in [1.82, 2.24) is 0 Å². The zero-order valence-electron chi connectivity index (χ0n) is 19.6. The second-order valence-electron chi connectivity index (χ2n) is 8.68. The molecular weight excluding hydrogens is 392 g/mol. The van der Waals surface area contributed by atoms with Gasteiger partial charge in [0.15, 0.2) is 0 Å². The predicted octanol–water partition coefficient (Wildman–Crippen LogP) is 7.44. The number of hydrogen-bond donors (Lipinski definition) is 0. The lowest BCUT2D eigenvalue weighted by Gasteiger charge is -2.25. The van der Waals surface area contributed by atoms with Gasteiger partial charge in [0, 0.05) is 54.3 Å². The molecule has 0 atom stereocenters. The lowest BCUT2D eigenvalue weighted by atomic mass is 9.84. The quantitative estimate of drug-likeness (QED) is 0.289. The molecule has 164 valence electrons. The van der Waals surface area contributed by atoms with E-state index in [1.807, 2.05) is 18.2 Å². The Bertz CT molecular complexity index is 1180. The van der Waals surface area contributed by atoms with Gasteiger partial charge in [-0.1, -0.05) is 44.2 Å². The van der Waals surface area contributed by atoms with Crippen molar-refractivity contribution >= 4 is 28.4 Å². The van der Waals surface area contributed by atoms with E-state index in [4.69, 9.17) is 4.42 Å². The van der Waals surface area contributed by atoms with Gasteiger partial charge in [0.1, 0.15) is 0 Å². The first kappa shape index (κ1) is 21.9. The summed E-state index contributed by atoms with van der Waals surface area (Å²) < 4.78 is 6.22. The minimum atomic E-state index is -0.0663. The summed E-state index contributed by atoms with van der Waals surface area (Å²) >= 11 is 0. The van der Waals surface area contributed by atoms with Crippen LogP contribution >= 0.6 is 0 Å². The van der Waals surface area contributed by atoms with Crippen molar-refractivity contribution in [1.29, 1.82) is 0 Å². The van der Waals surface area contributed by atoms with Crippen molar-refractivity contribution in [3.63, 3.8) is 0 Å². The van der Waals surface area contributed by atoms with Gasteiger partial charge < -0.3 is 9.80 Å². The molecule has 0 fully saturated rings. The molecule has 1 aromatic heterocycles. The van der Waals surface area contributed by atoms with Crippen LogP contribution in [0.3, 0.4) is 0 Å². The number of benzene rings is 2. The summed E-state index contributed by atoms with van der Waals surface area (Å²) in [6, 6.07) is 19.2. The van der Waals surface area contributed by atoms with Gasteiger partial charge >= 0.3 is 11.3 Å². The molecule has 1 aliphatic rings. The maximum Gasteiger partial charge on any atom is 0.362 e. The minimum absolute atomic E-state index is 0.0663. The van der Waals surface area contributed by atoms with Gasteiger partial charge in [0.25, 0.3) is 0 Å². The number of allylic oxidation sites excluding steroid dienone is 3. The van der Waals surface area contributed by atoms with Crippen LogP contribution in [0.1, 0.15) is 39.0 Å². The molecule has 2 aromatic carbocycles. The van der Waals surface area contributed by atoms with Gasteiger partial charge in [-0.25, -0.2) is 4.42 Å². The first-order valence-electron chi connectivity index (χ1n) is 11.5. The van der Waals surface area contributed by atoms with Crippen LogP contribution in [0.5, 0.6) is 0 Å². The standard InChI is InChI=1S/C29H33N2O/c1-6-20-31-26-14-10-9-13-25(26)29(4,5)28(31)15-11-12-24-19-17-22-16-18-23(21-27(22)32-24)30(7-2)8-3/h6,9-19,21H,1,7-8,20H2,2-5H3/q+1. The van der Waals surface area contributed by atoms with Crippen LogP contribution in [-0.2, 0) is 5.41 Å². The smallest absolute Gasteiger partial charge is 0.362 e. The van der Waals surface area contributed by atoms with E-state index >= 15 is 0 Å². The summed E-state index contributed by atoms with van der Waals surface area (Å²) in [4.78, 5) is 4.68. The fraction of sp³-hybridized carbons (Fsp3) is 0.276. The molecule has 0 amide bonds. The molecule has 0 unspecified atom stereocenters. The Morgan fingerprint density at radius 1 is 1.03 bits per heavy atom. The van der Waals surface area contributed by atoms with Crippen molar-refractivity contribution in [3.05, 3.63) is 96.4 Å². The van der Waals surface area contributed by atoms with Crippen LogP contribution in [0.15, 0.2) is 89.5 Å². The van der Waals surface area contributed by atoms with Gasteiger partial charge in [0.2, 0.25) is 0 Å². The van der Waals surface area contributed by atoms with Crippen LogP contribution < -0.4 is 9.80 Å². The number of rotatable bonds is 7. The summed E-state index contributed by atoms with van der Waals surface area (Å²) in [5.41, 5.74) is 5.91. The Kier molecular flexibility index (Phi) is 6.18. The maximum absolute atomic E-state index is 6.22. The third kappa shape index (κ3) is 3.95. The average molecular weight is 426 g/mol. The summed E-state index contributed by atoms with van der Waals surface area (Å²) in [6.07, 6.45) is 8.30. The summed E-state index contributed by atoms with van der Waals surface area (Å²) in [6.45, 7) is 15.6. The fourth-order valence-corrected chi connectivity index (χ4v) is 4.66. The third-order valence-electron chi connectivity index (χ3n) is 6.41. The zero-order chi connectivity index (χ0) is 22.7. The molecule has 0 saturated carbocycles. The van der Waals surface area contributed by atoms with E-state index in [1.54, 1.807) is 0 Å². The molecule has 0 N–H and O–H groups in total. The van der Waals surface area contributed by atoms with Crippen LogP contribution in [0, 0.1) is 0 Å². The molecule has 0 radical (unpaired) electrons. The number of para-hydroxylation sites is 1. The molecule has 0 spiro atoms. The molecule has 32 heavy (non-hydrogen) atoms. The van der Waals surface area contributed by atoms with Crippen LogP contribution in [0.25, 0.3) is 17.0 Å². The molecule has 2 heterocycles. The van der Waals surface area contributed by atoms with E-state index in [2.05, 4.69) is 105 Å². The van der Waals surface area contributed by atoms with E-state index in [9.17, 15) is 0 Å². The molecule has 0 bridgehead atoms. The zero-order valence-corrected chi connectivity index (χ0v) is 19.6. The topological polar surface area (TPSA) is 17.8 Å². The first-order valence-corrected chi connectivity index (χ1v) is 11.5. The van der Waals surface area contributed by atoms with Gasteiger partial charge in [-0.2, -0.15) is 0 Å². The van der Waals surface area contributed by atoms with Crippen molar-refractivity contribution in [3.8, 4) is 0 Å². The lowest BCUT2D eigenvalue weighted by molar-refractivity contribution is 0.592. The molecule has 3 nitrogen and oxygen atoms in total. The van der Waals surface area contributed by atoms with Gasteiger partial charge in [0.05, 0.1) is 11.5 Å². The molecule has 3 heteroatoms. The van der Waals surface area contributed by atoms with Gasteiger partial charge in [-0.15, -0.1) is 6.58 Å². The third-order valence-corrected chi connectivity index (χ3v) is 6.41. The predicted molar refractivity (Wildman–Crippen MR) is 138 cm³/mol.